The van der Waals surface area contributed by atoms with Gasteiger partial charge in [0.1, 0.15) is 0 Å². The molecule has 1 aromatic rings. The summed E-state index contributed by atoms with van der Waals surface area (Å²) in [6.07, 6.45) is 6.21. The van der Waals surface area contributed by atoms with Crippen LogP contribution in [0.1, 0.15) is 40.0 Å². The van der Waals surface area contributed by atoms with E-state index in [1.54, 1.807) is 22.2 Å². The Bertz CT molecular complexity index is 724. The van der Waals surface area contributed by atoms with E-state index in [0.29, 0.717) is 5.92 Å². The summed E-state index contributed by atoms with van der Waals surface area (Å²) in [5.41, 5.74) is 0.278. The summed E-state index contributed by atoms with van der Waals surface area (Å²) in [6.45, 7) is 6.27. The van der Waals surface area contributed by atoms with E-state index in [-0.39, 0.29) is 23.3 Å². The number of hydrogen-bond acceptors (Lipinski definition) is 2. The van der Waals surface area contributed by atoms with Crippen LogP contribution in [0.25, 0.3) is 0 Å². The number of hydrazine groups is 1. The Morgan fingerprint density at radius 1 is 1.25 bits per heavy atom. The van der Waals surface area contributed by atoms with Crippen molar-refractivity contribution in [3.63, 3.8) is 0 Å². The summed E-state index contributed by atoms with van der Waals surface area (Å²) in [7, 11) is 0. The number of hydrogen-bond donors (Lipinski definition) is 0. The lowest BCUT2D eigenvalue weighted by Crippen LogP contribution is -2.46. The molecule has 2 amide bonds. The lowest BCUT2D eigenvalue weighted by atomic mass is 9.67. The molecule has 2 saturated carbocycles. The van der Waals surface area contributed by atoms with Gasteiger partial charge in [-0.15, -0.1) is 0 Å². The molecular weight excluding hydrogens is 300 g/mol. The van der Waals surface area contributed by atoms with Crippen LogP contribution in [-0.4, -0.2) is 22.9 Å². The van der Waals surface area contributed by atoms with Crippen LogP contribution in [0.15, 0.2) is 42.5 Å². The van der Waals surface area contributed by atoms with Crippen LogP contribution in [-0.2, 0) is 9.59 Å². The summed E-state index contributed by atoms with van der Waals surface area (Å²) >= 11 is 0. The number of amides is 2. The summed E-state index contributed by atoms with van der Waals surface area (Å²) in [6, 6.07) is 9.54. The monoisotopic (exact) mass is 324 g/mol. The molecule has 4 nitrogen and oxygen atoms in total. The van der Waals surface area contributed by atoms with E-state index >= 15 is 0 Å². The van der Waals surface area contributed by atoms with Gasteiger partial charge in [0.05, 0.1) is 17.1 Å². The zero-order valence-corrected chi connectivity index (χ0v) is 14.5. The molecule has 24 heavy (non-hydrogen) atoms. The molecule has 3 atom stereocenters. The number of carbonyl (C=O) groups excluding carboxylic acids is 2. The van der Waals surface area contributed by atoms with E-state index in [1.165, 1.54) is 0 Å². The Labute approximate surface area is 143 Å². The van der Waals surface area contributed by atoms with Crippen molar-refractivity contribution in [2.75, 3.05) is 5.01 Å². The molecule has 4 heteroatoms. The highest BCUT2D eigenvalue weighted by Crippen LogP contribution is 2.70. The van der Waals surface area contributed by atoms with Crippen molar-refractivity contribution in [3.05, 3.63) is 42.5 Å². The van der Waals surface area contributed by atoms with Crippen LogP contribution in [0.2, 0.25) is 0 Å². The maximum atomic E-state index is 13.6. The first-order chi connectivity index (χ1) is 11.4. The normalized spacial score (nSPS) is 33.5. The highest BCUT2D eigenvalue weighted by Gasteiger charge is 2.75. The second-order valence-electron chi connectivity index (χ2n) is 7.82. The van der Waals surface area contributed by atoms with Crippen molar-refractivity contribution in [1.29, 1.82) is 0 Å². The zero-order chi connectivity index (χ0) is 17.1. The van der Waals surface area contributed by atoms with Crippen LogP contribution in [0, 0.1) is 16.7 Å². The third-order valence-electron chi connectivity index (χ3n) is 6.75. The smallest absolute Gasteiger partial charge is 0.265 e. The van der Waals surface area contributed by atoms with Crippen molar-refractivity contribution in [1.82, 2.24) is 5.01 Å². The van der Waals surface area contributed by atoms with Gasteiger partial charge in [-0.1, -0.05) is 38.1 Å². The summed E-state index contributed by atoms with van der Waals surface area (Å²) in [5.74, 6) is 0.520. The Morgan fingerprint density at radius 3 is 2.58 bits per heavy atom. The van der Waals surface area contributed by atoms with Crippen molar-refractivity contribution < 1.29 is 9.59 Å². The van der Waals surface area contributed by atoms with Gasteiger partial charge in [0.2, 0.25) is 0 Å². The molecule has 1 spiro atoms. The zero-order valence-electron chi connectivity index (χ0n) is 14.5. The molecule has 1 aromatic carbocycles. The van der Waals surface area contributed by atoms with Gasteiger partial charge in [0.15, 0.2) is 0 Å². The highest BCUT2D eigenvalue weighted by molar-refractivity contribution is 6.06. The summed E-state index contributed by atoms with van der Waals surface area (Å²) in [5, 5.41) is 3.38. The molecular formula is C20H24N2O2. The lowest BCUT2D eigenvalue weighted by Gasteiger charge is -2.34. The van der Waals surface area contributed by atoms with E-state index in [9.17, 15) is 9.59 Å². The van der Waals surface area contributed by atoms with Gasteiger partial charge in [-0.25, -0.2) is 10.0 Å². The maximum Gasteiger partial charge on any atom is 0.265 e. The van der Waals surface area contributed by atoms with Gasteiger partial charge < -0.3 is 0 Å². The van der Waals surface area contributed by atoms with E-state index < -0.39 is 5.41 Å². The molecule has 0 radical (unpaired) electrons. The Kier molecular flexibility index (Phi) is 3.18. The molecule has 1 saturated heterocycles. The minimum absolute atomic E-state index is 0.0253. The fourth-order valence-corrected chi connectivity index (χ4v) is 5.47. The number of benzene rings is 1. The minimum atomic E-state index is -0.440. The van der Waals surface area contributed by atoms with E-state index in [0.717, 1.165) is 24.9 Å². The van der Waals surface area contributed by atoms with Crippen LogP contribution < -0.4 is 5.01 Å². The SMILES string of the molecule is C/C=C/C(=O)N1[C@@H]2C[C@H]3CC[C@]2(C(=O)N1c1ccccc1)C3(C)C. The largest absolute Gasteiger partial charge is 0.272 e. The summed E-state index contributed by atoms with van der Waals surface area (Å²) in [4.78, 5) is 26.5. The first-order valence-corrected chi connectivity index (χ1v) is 8.80. The number of nitrogens with zero attached hydrogens (tertiary/aromatic N) is 2. The number of fused-ring (bicyclic) bond motifs is 1. The topological polar surface area (TPSA) is 40.6 Å². The summed E-state index contributed by atoms with van der Waals surface area (Å²) < 4.78 is 0. The Balaban J connectivity index is 1.87. The number of rotatable bonds is 2. The van der Waals surface area contributed by atoms with Crippen LogP contribution in [0.4, 0.5) is 5.69 Å². The number of carbonyl (C=O) groups is 2. The molecule has 3 fully saturated rings. The van der Waals surface area contributed by atoms with Crippen molar-refractivity contribution >= 4 is 17.5 Å². The second kappa shape index (κ2) is 4.95. The second-order valence-corrected chi connectivity index (χ2v) is 7.82. The predicted octanol–water partition coefficient (Wildman–Crippen LogP) is 3.55. The van der Waals surface area contributed by atoms with Crippen molar-refractivity contribution in [3.8, 4) is 0 Å². The fraction of sp³-hybridized carbons (Fsp3) is 0.500. The average Bonchev–Trinajstić information content (AvgIpc) is 3.08. The van der Waals surface area contributed by atoms with Crippen LogP contribution >= 0.6 is 0 Å². The maximum absolute atomic E-state index is 13.6. The molecule has 1 aliphatic heterocycles. The van der Waals surface area contributed by atoms with Gasteiger partial charge in [-0.3, -0.25) is 9.59 Å². The molecule has 2 bridgehead atoms. The standard InChI is InChI=1S/C20H24N2O2/c1-4-8-17(23)22-16-13-14-11-12-20(16,19(14,2)3)18(24)21(22)15-9-6-5-7-10-15/h4-10,14,16H,11-13H2,1-3H3/b8-4+/t14-,16-,20+/m1/s1. The van der Waals surface area contributed by atoms with Gasteiger partial charge in [-0.05, 0) is 49.7 Å². The van der Waals surface area contributed by atoms with Gasteiger partial charge in [0.25, 0.3) is 11.8 Å². The number of anilines is 1. The van der Waals surface area contributed by atoms with Gasteiger partial charge >= 0.3 is 0 Å². The minimum Gasteiger partial charge on any atom is -0.272 e. The average molecular weight is 324 g/mol. The quantitative estimate of drug-likeness (QED) is 0.781. The predicted molar refractivity (Wildman–Crippen MR) is 92.9 cm³/mol. The molecule has 0 aromatic heterocycles. The van der Waals surface area contributed by atoms with Gasteiger partial charge in [-0.2, -0.15) is 0 Å². The van der Waals surface area contributed by atoms with Crippen molar-refractivity contribution in [2.24, 2.45) is 16.7 Å². The highest BCUT2D eigenvalue weighted by atomic mass is 16.2. The fourth-order valence-electron chi connectivity index (χ4n) is 5.47. The molecule has 0 unspecified atom stereocenters. The third kappa shape index (κ3) is 1.64. The molecule has 4 rings (SSSR count). The Morgan fingerprint density at radius 2 is 1.96 bits per heavy atom. The van der Waals surface area contributed by atoms with Crippen LogP contribution in [0.3, 0.4) is 0 Å². The van der Waals surface area contributed by atoms with E-state index in [1.807, 2.05) is 37.3 Å². The van der Waals surface area contributed by atoms with Gasteiger partial charge in [0, 0.05) is 6.08 Å². The van der Waals surface area contributed by atoms with E-state index in [4.69, 9.17) is 0 Å². The van der Waals surface area contributed by atoms with Crippen LogP contribution in [0.5, 0.6) is 0 Å². The lowest BCUT2D eigenvalue weighted by molar-refractivity contribution is -0.131. The third-order valence-corrected chi connectivity index (χ3v) is 6.75. The van der Waals surface area contributed by atoms with Crippen molar-refractivity contribution in [2.45, 2.75) is 46.1 Å². The first-order valence-electron chi connectivity index (χ1n) is 8.80. The first kappa shape index (κ1) is 15.4. The Hall–Kier alpha value is -2.10. The van der Waals surface area contributed by atoms with E-state index in [2.05, 4.69) is 13.8 Å². The molecule has 3 aliphatic rings. The number of allylic oxidation sites excluding steroid dienone is 1. The molecule has 2 aliphatic carbocycles. The molecule has 126 valence electrons. The molecule has 1 heterocycles. The molecule has 0 N–H and O–H groups in total. The number of para-hydroxylation sites is 1.